The van der Waals surface area contributed by atoms with Gasteiger partial charge in [-0.25, -0.2) is 17.2 Å². The molecule has 0 bridgehead atoms. The van der Waals surface area contributed by atoms with Crippen LogP contribution in [-0.2, 0) is 14.8 Å². The molecule has 0 heterocycles. The van der Waals surface area contributed by atoms with Crippen molar-refractivity contribution >= 4 is 49.9 Å². The normalized spacial score (nSPS) is 11.2. The van der Waals surface area contributed by atoms with E-state index >= 15 is 0 Å². The highest BCUT2D eigenvalue weighted by Gasteiger charge is 2.21. The van der Waals surface area contributed by atoms with E-state index < -0.39 is 34.1 Å². The van der Waals surface area contributed by atoms with E-state index in [1.165, 1.54) is 6.07 Å². The maximum absolute atomic E-state index is 13.2. The van der Waals surface area contributed by atoms with E-state index in [9.17, 15) is 22.0 Å². The minimum Gasteiger partial charge on any atom is -0.324 e. The molecule has 0 saturated heterocycles. The summed E-state index contributed by atoms with van der Waals surface area (Å²) in [6, 6.07) is 9.46. The van der Waals surface area contributed by atoms with Crippen LogP contribution in [0, 0.1) is 15.2 Å². The molecule has 0 spiro atoms. The minimum atomic E-state index is -3.70. The molecular formula is C15H13F2IN2O3S. The Morgan fingerprint density at radius 1 is 1.12 bits per heavy atom. The van der Waals surface area contributed by atoms with Crippen molar-refractivity contribution < 1.29 is 22.0 Å². The van der Waals surface area contributed by atoms with Gasteiger partial charge in [-0.05, 0) is 59.0 Å². The molecule has 0 aliphatic rings. The lowest BCUT2D eigenvalue weighted by Gasteiger charge is -2.22. The van der Waals surface area contributed by atoms with Gasteiger partial charge in [0.15, 0.2) is 11.6 Å². The molecule has 0 aromatic heterocycles. The first-order valence-electron chi connectivity index (χ1n) is 6.65. The fourth-order valence-corrected chi connectivity index (χ4v) is 3.13. The Labute approximate surface area is 151 Å². The van der Waals surface area contributed by atoms with Crippen molar-refractivity contribution in [3.8, 4) is 0 Å². The van der Waals surface area contributed by atoms with Crippen molar-refractivity contribution in [1.82, 2.24) is 0 Å². The van der Waals surface area contributed by atoms with Gasteiger partial charge in [0.1, 0.15) is 6.54 Å². The molecule has 2 aromatic carbocycles. The Kier molecular flexibility index (Phi) is 5.75. The number of nitrogens with zero attached hydrogens (tertiary/aromatic N) is 1. The third-order valence-electron chi connectivity index (χ3n) is 3.01. The van der Waals surface area contributed by atoms with Gasteiger partial charge >= 0.3 is 0 Å². The summed E-state index contributed by atoms with van der Waals surface area (Å²) in [6.45, 7) is -0.488. The van der Waals surface area contributed by atoms with Crippen molar-refractivity contribution in [2.24, 2.45) is 0 Å². The number of hydrogen-bond donors (Lipinski definition) is 1. The van der Waals surface area contributed by atoms with Gasteiger partial charge in [0.05, 0.1) is 11.9 Å². The van der Waals surface area contributed by atoms with Crippen LogP contribution in [0.25, 0.3) is 0 Å². The molecule has 128 valence electrons. The highest BCUT2D eigenvalue weighted by Crippen LogP contribution is 2.19. The summed E-state index contributed by atoms with van der Waals surface area (Å²) < 4.78 is 51.7. The van der Waals surface area contributed by atoms with Crippen LogP contribution < -0.4 is 9.62 Å². The van der Waals surface area contributed by atoms with Crippen LogP contribution in [-0.4, -0.2) is 27.1 Å². The number of rotatable bonds is 5. The van der Waals surface area contributed by atoms with Crippen LogP contribution in [0.1, 0.15) is 0 Å². The Hall–Kier alpha value is -1.75. The number of carbonyl (C=O) groups is 1. The standard InChI is InChI=1S/C15H13F2IN2O3S/c1-24(22,23)20(12-5-2-10(18)3-6-12)9-15(21)19-11-4-7-13(16)14(17)8-11/h2-8H,9H2,1H3,(H,19,21). The molecule has 2 rings (SSSR count). The summed E-state index contributed by atoms with van der Waals surface area (Å²) in [6.07, 6.45) is 0.982. The van der Waals surface area contributed by atoms with Crippen LogP contribution >= 0.6 is 22.6 Å². The minimum absolute atomic E-state index is 0.0370. The Bertz CT molecular complexity index is 858. The summed E-state index contributed by atoms with van der Waals surface area (Å²) >= 11 is 2.07. The number of sulfonamides is 1. The lowest BCUT2D eigenvalue weighted by atomic mass is 10.3. The van der Waals surface area contributed by atoms with Crippen molar-refractivity contribution in [3.05, 3.63) is 57.7 Å². The molecule has 0 saturated carbocycles. The summed E-state index contributed by atoms with van der Waals surface area (Å²) in [4.78, 5) is 12.1. The monoisotopic (exact) mass is 466 g/mol. The zero-order chi connectivity index (χ0) is 17.9. The molecule has 1 amide bonds. The lowest BCUT2D eigenvalue weighted by molar-refractivity contribution is -0.114. The highest BCUT2D eigenvalue weighted by molar-refractivity contribution is 14.1. The third kappa shape index (κ3) is 4.87. The van der Waals surface area contributed by atoms with Crippen molar-refractivity contribution in [3.63, 3.8) is 0 Å². The number of carbonyl (C=O) groups excluding carboxylic acids is 1. The van der Waals surface area contributed by atoms with Gasteiger partial charge in [-0.2, -0.15) is 0 Å². The van der Waals surface area contributed by atoms with Crippen LogP contribution in [0.5, 0.6) is 0 Å². The molecule has 5 nitrogen and oxygen atoms in total. The SMILES string of the molecule is CS(=O)(=O)N(CC(=O)Nc1ccc(F)c(F)c1)c1ccc(I)cc1. The second kappa shape index (κ2) is 7.43. The average Bonchev–Trinajstić information content (AvgIpc) is 2.49. The van der Waals surface area contributed by atoms with Crippen LogP contribution in [0.3, 0.4) is 0 Å². The van der Waals surface area contributed by atoms with E-state index in [0.717, 1.165) is 26.3 Å². The Morgan fingerprint density at radius 2 is 1.75 bits per heavy atom. The summed E-state index contributed by atoms with van der Waals surface area (Å²) in [7, 11) is -3.70. The number of hydrogen-bond acceptors (Lipinski definition) is 3. The number of amides is 1. The number of nitrogens with one attached hydrogen (secondary N) is 1. The van der Waals surface area contributed by atoms with Crippen LogP contribution in [0.4, 0.5) is 20.2 Å². The zero-order valence-corrected chi connectivity index (χ0v) is 15.4. The molecule has 0 aliphatic carbocycles. The maximum Gasteiger partial charge on any atom is 0.245 e. The third-order valence-corrected chi connectivity index (χ3v) is 4.87. The molecule has 9 heteroatoms. The summed E-state index contributed by atoms with van der Waals surface area (Å²) in [5, 5.41) is 2.34. The second-order valence-corrected chi connectivity index (χ2v) is 8.08. The fraction of sp³-hybridized carbons (Fsp3) is 0.133. The average molecular weight is 466 g/mol. The van der Waals surface area contributed by atoms with Crippen molar-refractivity contribution in [1.29, 1.82) is 0 Å². The first-order chi connectivity index (χ1) is 11.2. The molecule has 1 N–H and O–H groups in total. The van der Waals surface area contributed by atoms with Crippen molar-refractivity contribution in [2.45, 2.75) is 0 Å². The molecule has 0 unspecified atom stereocenters. The number of halogens is 3. The first kappa shape index (κ1) is 18.6. The highest BCUT2D eigenvalue weighted by atomic mass is 127. The van der Waals surface area contributed by atoms with E-state index in [1.807, 2.05) is 0 Å². The summed E-state index contributed by atoms with van der Waals surface area (Å²) in [5.41, 5.74) is 0.369. The fourth-order valence-electron chi connectivity index (χ4n) is 1.91. The van der Waals surface area contributed by atoms with E-state index in [0.29, 0.717) is 5.69 Å². The lowest BCUT2D eigenvalue weighted by Crippen LogP contribution is -2.37. The molecule has 24 heavy (non-hydrogen) atoms. The van der Waals surface area contributed by atoms with Gasteiger partial charge in [-0.15, -0.1) is 0 Å². The predicted octanol–water partition coefficient (Wildman–Crippen LogP) is 2.97. The summed E-state index contributed by atoms with van der Waals surface area (Å²) in [5.74, 6) is -2.82. The molecule has 0 radical (unpaired) electrons. The molecular weight excluding hydrogens is 453 g/mol. The largest absolute Gasteiger partial charge is 0.324 e. The predicted molar refractivity (Wildman–Crippen MR) is 96.3 cm³/mol. The van der Waals surface area contributed by atoms with E-state index in [1.54, 1.807) is 24.3 Å². The van der Waals surface area contributed by atoms with Gasteiger partial charge in [-0.3, -0.25) is 9.10 Å². The van der Waals surface area contributed by atoms with E-state index in [4.69, 9.17) is 0 Å². The van der Waals surface area contributed by atoms with Crippen molar-refractivity contribution in [2.75, 3.05) is 22.4 Å². The van der Waals surface area contributed by atoms with Gasteiger partial charge in [0.2, 0.25) is 15.9 Å². The molecule has 0 atom stereocenters. The van der Waals surface area contributed by atoms with Gasteiger partial charge in [0, 0.05) is 15.3 Å². The van der Waals surface area contributed by atoms with Gasteiger partial charge < -0.3 is 5.32 Å². The smallest absolute Gasteiger partial charge is 0.245 e. The maximum atomic E-state index is 13.2. The quantitative estimate of drug-likeness (QED) is 0.690. The van der Waals surface area contributed by atoms with Gasteiger partial charge in [0.25, 0.3) is 0 Å². The molecule has 2 aromatic rings. The topological polar surface area (TPSA) is 66.5 Å². The molecule has 0 fully saturated rings. The number of anilines is 2. The number of benzene rings is 2. The first-order valence-corrected chi connectivity index (χ1v) is 9.58. The molecule has 0 aliphatic heterocycles. The van der Waals surface area contributed by atoms with E-state index in [-0.39, 0.29) is 5.69 Å². The van der Waals surface area contributed by atoms with Crippen LogP contribution in [0.2, 0.25) is 0 Å². The van der Waals surface area contributed by atoms with E-state index in [2.05, 4.69) is 27.9 Å². The Morgan fingerprint density at radius 3 is 2.29 bits per heavy atom. The van der Waals surface area contributed by atoms with Gasteiger partial charge in [-0.1, -0.05) is 0 Å². The zero-order valence-electron chi connectivity index (χ0n) is 12.5. The van der Waals surface area contributed by atoms with Crippen LogP contribution in [0.15, 0.2) is 42.5 Å². The Balaban J connectivity index is 2.18. The second-order valence-electron chi connectivity index (χ2n) is 4.92.